The van der Waals surface area contributed by atoms with Gasteiger partial charge in [-0.15, -0.1) is 0 Å². The zero-order valence-corrected chi connectivity index (χ0v) is 72.4. The van der Waals surface area contributed by atoms with Crippen molar-refractivity contribution in [3.8, 4) is 22.9 Å². The molecule has 16 aromatic rings. The summed E-state index contributed by atoms with van der Waals surface area (Å²) in [7, 11) is -14.5. The number of sulfone groups is 4. The van der Waals surface area contributed by atoms with Crippen LogP contribution in [0.4, 0.5) is 13.2 Å². The van der Waals surface area contributed by atoms with E-state index in [0.29, 0.717) is 60.0 Å². The highest BCUT2D eigenvalue weighted by molar-refractivity contribution is 7.91. The molecule has 28 heteroatoms. The molecule has 9 aromatic heterocycles. The van der Waals surface area contributed by atoms with Gasteiger partial charge in [0.2, 0.25) is 0 Å². The van der Waals surface area contributed by atoms with Crippen LogP contribution in [0.2, 0.25) is 0 Å². The van der Waals surface area contributed by atoms with Crippen molar-refractivity contribution in [1.29, 1.82) is 0 Å². The van der Waals surface area contributed by atoms with Gasteiger partial charge >= 0.3 is 6.18 Å². The first-order chi connectivity index (χ1) is 57.2. The molecule has 0 aliphatic carbocycles. The molecular formula is C93H92F3N13O8S4. The summed E-state index contributed by atoms with van der Waals surface area (Å²) < 4.78 is 151. The second-order valence-electron chi connectivity index (χ2n) is 32.4. The molecule has 16 rings (SSSR count). The van der Waals surface area contributed by atoms with E-state index >= 15 is 0 Å². The summed E-state index contributed by atoms with van der Waals surface area (Å²) in [5.41, 5.74) is 9.06. The summed E-state index contributed by atoms with van der Waals surface area (Å²) in [5.74, 6) is 0.142. The summed E-state index contributed by atoms with van der Waals surface area (Å²) in [6, 6.07) is 60.2. The standard InChI is InChI=1S/C24H25N3O2S.C23H20F3N3O2S.C23H24N4O2S.C23H23N3O2S/c1-17-13-20(16-30(28,29)21-11-9-19(10-12-21)24(2,3)4)27(26-17)23-15-25-14-18-7-5-6-8-22(18)23;1-15(2)16-6-8-19(9-7-16)32(30,31)14-18-12-22(23(24,25)26)28-29(18)21-5-3-4-17-13-27-11-10-20(17)21;1-16-13-19(15-30(28,29)20-7-5-18(6-8-20)23(2,3)4)27(26-16)22-21-10-11-24-14-17(21)9-12-25-22;1-16(2)18-7-9-21(10-8-18)29(27,28)15-20-13-17(3)25-26(20)23-6-4-5-19-14-24-12-11-22(19)23/h5-15H,16H2,1-4H3;3-13,15H,14H2,1-2H3;5-14H,15H2,1-4H3;4-14,16H,15H2,1-3H3. The number of fused-ring (bicyclic) bond motifs is 4. The second-order valence-corrected chi connectivity index (χ2v) is 40.3. The lowest BCUT2D eigenvalue weighted by Gasteiger charge is -2.19. The van der Waals surface area contributed by atoms with Crippen LogP contribution in [-0.2, 0) is 79.4 Å². The van der Waals surface area contributed by atoms with Gasteiger partial charge < -0.3 is 0 Å². The number of nitrogens with zero attached hydrogens (tertiary/aromatic N) is 13. The molecule has 9 heterocycles. The van der Waals surface area contributed by atoms with Gasteiger partial charge in [-0.05, 0) is 175 Å². The third-order valence-corrected chi connectivity index (χ3v) is 27.2. The highest BCUT2D eigenvalue weighted by Crippen LogP contribution is 2.36. The molecule has 0 radical (unpaired) electrons. The van der Waals surface area contributed by atoms with Crippen LogP contribution in [0.1, 0.15) is 149 Å². The lowest BCUT2D eigenvalue weighted by atomic mass is 9.87. The molecule has 0 fully saturated rings. The van der Waals surface area contributed by atoms with Gasteiger partial charge in [0, 0.05) is 92.7 Å². The summed E-state index contributed by atoms with van der Waals surface area (Å²) in [6.45, 7) is 26.4. The Morgan fingerprint density at radius 1 is 0.331 bits per heavy atom. The maximum atomic E-state index is 13.5. The van der Waals surface area contributed by atoms with Gasteiger partial charge in [0.05, 0.1) is 106 Å². The molecule has 622 valence electrons. The van der Waals surface area contributed by atoms with Gasteiger partial charge in [0.1, 0.15) is 0 Å². The van der Waals surface area contributed by atoms with Crippen LogP contribution in [-0.4, -0.2) is 97.7 Å². The zero-order chi connectivity index (χ0) is 86.7. The average Bonchev–Trinajstić information content (AvgIpc) is 1.57. The Bertz CT molecular complexity index is 6730. The van der Waals surface area contributed by atoms with Crippen molar-refractivity contribution in [2.24, 2.45) is 0 Å². The molecule has 0 aliphatic rings. The molecule has 7 aromatic carbocycles. The maximum absolute atomic E-state index is 13.5. The molecule has 0 spiro atoms. The minimum absolute atomic E-state index is 0.0284. The van der Waals surface area contributed by atoms with Crippen molar-refractivity contribution < 1.29 is 46.8 Å². The number of aromatic nitrogens is 13. The normalized spacial score (nSPS) is 12.3. The Labute approximate surface area is 702 Å². The first kappa shape index (κ1) is 86.6. The van der Waals surface area contributed by atoms with Crippen LogP contribution < -0.4 is 0 Å². The van der Waals surface area contributed by atoms with Crippen LogP contribution in [0.3, 0.4) is 0 Å². The monoisotopic (exact) mass is 1700 g/mol. The second kappa shape index (κ2) is 34.8. The fraction of sp³-hybridized carbons (Fsp3) is 0.237. The highest BCUT2D eigenvalue weighted by Gasteiger charge is 2.37. The molecule has 0 atom stereocenters. The fourth-order valence-corrected chi connectivity index (χ4v) is 19.3. The third-order valence-electron chi connectivity index (χ3n) is 20.5. The minimum atomic E-state index is -4.71. The largest absolute Gasteiger partial charge is 0.435 e. The van der Waals surface area contributed by atoms with Crippen molar-refractivity contribution in [2.45, 2.75) is 161 Å². The van der Waals surface area contributed by atoms with Gasteiger partial charge in [-0.1, -0.05) is 166 Å². The Hall–Kier alpha value is -12.2. The molecule has 0 aliphatic heterocycles. The Balaban J connectivity index is 0.000000139. The molecule has 0 bridgehead atoms. The summed E-state index contributed by atoms with van der Waals surface area (Å²) in [6.07, 6.45) is 10.6. The molecule has 21 nitrogen and oxygen atoms in total. The molecule has 0 amide bonds. The van der Waals surface area contributed by atoms with E-state index < -0.39 is 57.0 Å². The van der Waals surface area contributed by atoms with Crippen molar-refractivity contribution in [3.05, 3.63) is 330 Å². The number of halogens is 3. The maximum Gasteiger partial charge on any atom is 0.435 e. The topological polar surface area (TPSA) is 272 Å². The number of alkyl halides is 3. The number of aryl methyl sites for hydroxylation is 3. The first-order valence-corrected chi connectivity index (χ1v) is 45.7. The van der Waals surface area contributed by atoms with E-state index in [1.807, 2.05) is 144 Å². The van der Waals surface area contributed by atoms with Crippen molar-refractivity contribution in [1.82, 2.24) is 64.0 Å². The van der Waals surface area contributed by atoms with Crippen molar-refractivity contribution in [2.75, 3.05) is 0 Å². The van der Waals surface area contributed by atoms with Gasteiger partial charge in [-0.3, -0.25) is 19.9 Å². The predicted molar refractivity (Wildman–Crippen MR) is 467 cm³/mol. The van der Waals surface area contributed by atoms with Gasteiger partial charge in [0.15, 0.2) is 50.9 Å². The van der Waals surface area contributed by atoms with Crippen LogP contribution >= 0.6 is 0 Å². The van der Waals surface area contributed by atoms with E-state index in [-0.39, 0.29) is 44.6 Å². The Morgan fingerprint density at radius 3 is 1.07 bits per heavy atom. The lowest BCUT2D eigenvalue weighted by Crippen LogP contribution is -2.13. The van der Waals surface area contributed by atoms with Crippen molar-refractivity contribution in [3.63, 3.8) is 0 Å². The van der Waals surface area contributed by atoms with Crippen molar-refractivity contribution >= 4 is 82.4 Å². The van der Waals surface area contributed by atoms with E-state index in [2.05, 4.69) is 101 Å². The summed E-state index contributed by atoms with van der Waals surface area (Å²) in [5, 5.41) is 24.4. The van der Waals surface area contributed by atoms with E-state index in [9.17, 15) is 46.8 Å². The van der Waals surface area contributed by atoms with Crippen LogP contribution in [0.5, 0.6) is 0 Å². The smallest absolute Gasteiger partial charge is 0.264 e. The van der Waals surface area contributed by atoms with E-state index in [4.69, 9.17) is 0 Å². The predicted octanol–water partition coefficient (Wildman–Crippen LogP) is 19.8. The number of pyridine rings is 5. The van der Waals surface area contributed by atoms with E-state index in [0.717, 1.165) is 93.8 Å². The quantitative estimate of drug-likeness (QED) is 0.0772. The molecule has 121 heavy (non-hydrogen) atoms. The first-order valence-electron chi connectivity index (χ1n) is 39.0. The van der Waals surface area contributed by atoms with E-state index in [1.54, 1.807) is 142 Å². The molecular weight excluding hydrogens is 1610 g/mol. The molecule has 0 saturated heterocycles. The lowest BCUT2D eigenvalue weighted by molar-refractivity contribution is -0.141. The molecule has 0 saturated carbocycles. The highest BCUT2D eigenvalue weighted by atomic mass is 32.2. The van der Waals surface area contributed by atoms with Gasteiger partial charge in [0.25, 0.3) is 0 Å². The molecule has 0 N–H and O–H groups in total. The minimum Gasteiger partial charge on any atom is -0.264 e. The van der Waals surface area contributed by atoms with E-state index in [1.165, 1.54) is 18.3 Å². The van der Waals surface area contributed by atoms with Crippen LogP contribution in [0.15, 0.2) is 282 Å². The number of hydrogen-bond acceptors (Lipinski definition) is 17. The van der Waals surface area contributed by atoms with Gasteiger partial charge in [-0.25, -0.2) is 57.4 Å². The van der Waals surface area contributed by atoms with Crippen LogP contribution in [0.25, 0.3) is 66.0 Å². The number of hydrogen-bond donors (Lipinski definition) is 0. The van der Waals surface area contributed by atoms with Gasteiger partial charge in [-0.2, -0.15) is 33.6 Å². The summed E-state index contributed by atoms with van der Waals surface area (Å²) >= 11 is 0. The molecule has 0 unspecified atom stereocenters. The Kier molecular flexibility index (Phi) is 24.9. The Morgan fingerprint density at radius 2 is 0.661 bits per heavy atom. The van der Waals surface area contributed by atoms with Crippen LogP contribution in [0, 0.1) is 20.8 Å². The SMILES string of the molecule is CC(C)c1ccc(S(=O)(=O)Cc2cc(C(F)(F)F)nn2-c2cccc3cnccc23)cc1.Cc1cc(CS(=O)(=O)c2ccc(C(C)(C)C)cc2)n(-c2cncc3ccccc23)n1.Cc1cc(CS(=O)(=O)c2ccc(C(C)(C)C)cc2)n(-c2nccc3cnccc23)n1.Cc1cc(CS(=O)(=O)c2ccc(C(C)C)cc2)n(-c2cccc3cnccc23)n1. The number of benzene rings is 7. The summed E-state index contributed by atoms with van der Waals surface area (Å²) in [4.78, 5) is 22.1. The zero-order valence-electron chi connectivity index (χ0n) is 69.2. The third kappa shape index (κ3) is 20.0. The number of rotatable bonds is 18. The average molecular weight is 1710 g/mol. The fourth-order valence-electron chi connectivity index (χ4n) is 14.0.